The predicted molar refractivity (Wildman–Crippen MR) is 110 cm³/mol. The molecule has 1 N–H and O–H groups in total. The van der Waals surface area contributed by atoms with Crippen molar-refractivity contribution in [2.75, 3.05) is 26.2 Å². The molecular weight excluding hydrogens is 376 g/mol. The van der Waals surface area contributed by atoms with Crippen molar-refractivity contribution in [3.8, 4) is 0 Å². The van der Waals surface area contributed by atoms with Crippen LogP contribution in [0.5, 0.6) is 0 Å². The highest BCUT2D eigenvalue weighted by molar-refractivity contribution is 6.30. The minimum absolute atomic E-state index is 0.327. The summed E-state index contributed by atoms with van der Waals surface area (Å²) < 4.78 is 11.6. The lowest BCUT2D eigenvalue weighted by Gasteiger charge is -2.31. The number of aliphatic hydroxyl groups excluding tert-OH is 1. The van der Waals surface area contributed by atoms with Gasteiger partial charge in [0.2, 0.25) is 0 Å². The van der Waals surface area contributed by atoms with Gasteiger partial charge in [0, 0.05) is 17.5 Å². The Balaban J connectivity index is 1.20. The third-order valence-corrected chi connectivity index (χ3v) is 5.46. The summed E-state index contributed by atoms with van der Waals surface area (Å²) in [6, 6.07) is 15.5. The van der Waals surface area contributed by atoms with E-state index in [1.165, 1.54) is 0 Å². The summed E-state index contributed by atoms with van der Waals surface area (Å²) in [5, 5.41) is 11.0. The Bertz CT molecular complexity index is 855. The zero-order valence-electron chi connectivity index (χ0n) is 15.8. The molecule has 6 heteroatoms. The average Bonchev–Trinajstić information content (AvgIpc) is 3.14. The number of ether oxygens (including phenoxy) is 1. The highest BCUT2D eigenvalue weighted by Gasteiger charge is 2.25. The standard InChI is InChI=1S/C22H25ClN2O3/c23-18-7-5-16(6-8-18)14-27-15-19(26)13-25-11-9-17(10-12-25)22-24-20-3-1-2-4-21(20)28-22/h1-8,17,19,26H,9-15H2. The lowest BCUT2D eigenvalue weighted by atomic mass is 9.96. The number of rotatable bonds is 7. The maximum atomic E-state index is 10.3. The van der Waals surface area contributed by atoms with Gasteiger partial charge in [-0.2, -0.15) is 0 Å². The van der Waals surface area contributed by atoms with Gasteiger partial charge in [0.25, 0.3) is 0 Å². The molecule has 2 heterocycles. The summed E-state index contributed by atoms with van der Waals surface area (Å²) >= 11 is 5.88. The second-order valence-corrected chi connectivity index (χ2v) is 7.83. The van der Waals surface area contributed by atoms with Crippen molar-refractivity contribution in [1.82, 2.24) is 9.88 Å². The molecule has 1 aliphatic rings. The zero-order valence-corrected chi connectivity index (χ0v) is 16.5. The molecule has 148 valence electrons. The number of benzene rings is 2. The molecule has 0 radical (unpaired) electrons. The Kier molecular flexibility index (Phi) is 6.27. The van der Waals surface area contributed by atoms with Crippen LogP contribution in [0.4, 0.5) is 0 Å². The number of fused-ring (bicyclic) bond motifs is 1. The van der Waals surface area contributed by atoms with E-state index in [0.717, 1.165) is 48.5 Å². The topological polar surface area (TPSA) is 58.7 Å². The molecule has 2 aromatic carbocycles. The first-order valence-electron chi connectivity index (χ1n) is 9.75. The summed E-state index contributed by atoms with van der Waals surface area (Å²) in [6.45, 7) is 3.29. The number of hydrogen-bond acceptors (Lipinski definition) is 5. The van der Waals surface area contributed by atoms with Crippen molar-refractivity contribution in [3.05, 3.63) is 65.0 Å². The van der Waals surface area contributed by atoms with Crippen LogP contribution in [0, 0.1) is 0 Å². The van der Waals surface area contributed by atoms with E-state index in [2.05, 4.69) is 9.88 Å². The van der Waals surface area contributed by atoms with Gasteiger partial charge in [-0.15, -0.1) is 0 Å². The number of aromatic nitrogens is 1. The van der Waals surface area contributed by atoms with E-state index in [0.29, 0.717) is 30.7 Å². The van der Waals surface area contributed by atoms with Gasteiger partial charge >= 0.3 is 0 Å². The first kappa shape index (κ1) is 19.4. The maximum absolute atomic E-state index is 10.3. The molecule has 0 saturated carbocycles. The third kappa shape index (κ3) is 4.92. The summed E-state index contributed by atoms with van der Waals surface area (Å²) in [4.78, 5) is 6.92. The second kappa shape index (κ2) is 9.05. The number of para-hydroxylation sites is 2. The molecule has 3 aromatic rings. The minimum atomic E-state index is -0.492. The fourth-order valence-electron chi connectivity index (χ4n) is 3.67. The van der Waals surface area contributed by atoms with Crippen molar-refractivity contribution < 1.29 is 14.3 Å². The number of β-amino-alcohol motifs (C(OH)–C–C–N with tert-alkyl or cyclic N) is 1. The van der Waals surface area contributed by atoms with Crippen molar-refractivity contribution in [2.24, 2.45) is 0 Å². The molecule has 4 rings (SSSR count). The molecule has 28 heavy (non-hydrogen) atoms. The van der Waals surface area contributed by atoms with Crippen LogP contribution in [0.2, 0.25) is 5.02 Å². The van der Waals surface area contributed by atoms with Gasteiger partial charge in [-0.05, 0) is 55.8 Å². The van der Waals surface area contributed by atoms with Crippen molar-refractivity contribution in [2.45, 2.75) is 31.5 Å². The molecule has 0 aliphatic carbocycles. The van der Waals surface area contributed by atoms with Crippen LogP contribution in [-0.2, 0) is 11.3 Å². The molecule has 0 amide bonds. The molecular formula is C22H25ClN2O3. The van der Waals surface area contributed by atoms with Crippen LogP contribution in [0.3, 0.4) is 0 Å². The molecule has 1 aliphatic heterocycles. The molecule has 5 nitrogen and oxygen atoms in total. The largest absolute Gasteiger partial charge is 0.440 e. The Hall–Kier alpha value is -1.92. The van der Waals surface area contributed by atoms with Crippen LogP contribution in [0.15, 0.2) is 52.9 Å². The van der Waals surface area contributed by atoms with Crippen LogP contribution in [0.25, 0.3) is 11.1 Å². The van der Waals surface area contributed by atoms with Gasteiger partial charge in [0.15, 0.2) is 11.5 Å². The van der Waals surface area contributed by atoms with E-state index < -0.39 is 6.10 Å². The third-order valence-electron chi connectivity index (χ3n) is 5.21. The molecule has 1 saturated heterocycles. The van der Waals surface area contributed by atoms with Crippen LogP contribution >= 0.6 is 11.6 Å². The molecule has 1 unspecified atom stereocenters. The first-order chi connectivity index (χ1) is 13.7. The Labute approximate surface area is 169 Å². The number of nitrogens with zero attached hydrogens (tertiary/aromatic N) is 2. The quantitative estimate of drug-likeness (QED) is 0.642. The van der Waals surface area contributed by atoms with E-state index in [9.17, 15) is 5.11 Å². The predicted octanol–water partition coefficient (Wildman–Crippen LogP) is 4.24. The fraction of sp³-hybridized carbons (Fsp3) is 0.409. The second-order valence-electron chi connectivity index (χ2n) is 7.39. The summed E-state index contributed by atoms with van der Waals surface area (Å²) in [5.74, 6) is 1.19. The lowest BCUT2D eigenvalue weighted by Crippen LogP contribution is -2.39. The minimum Gasteiger partial charge on any atom is -0.440 e. The SMILES string of the molecule is OC(COCc1ccc(Cl)cc1)CN1CCC(c2nc3ccccc3o2)CC1. The number of piperidine rings is 1. The number of hydrogen-bond donors (Lipinski definition) is 1. The van der Waals surface area contributed by atoms with Crippen molar-refractivity contribution >= 4 is 22.7 Å². The van der Waals surface area contributed by atoms with E-state index in [4.69, 9.17) is 20.8 Å². The highest BCUT2D eigenvalue weighted by Crippen LogP contribution is 2.29. The van der Waals surface area contributed by atoms with E-state index in [1.807, 2.05) is 48.5 Å². The smallest absolute Gasteiger partial charge is 0.198 e. The van der Waals surface area contributed by atoms with E-state index in [-0.39, 0.29) is 0 Å². The monoisotopic (exact) mass is 400 g/mol. The molecule has 1 fully saturated rings. The lowest BCUT2D eigenvalue weighted by molar-refractivity contribution is 0.00583. The Morgan fingerprint density at radius 2 is 1.89 bits per heavy atom. The molecule has 1 atom stereocenters. The summed E-state index contributed by atoms with van der Waals surface area (Å²) in [6.07, 6.45) is 1.49. The van der Waals surface area contributed by atoms with Gasteiger partial charge in [-0.3, -0.25) is 0 Å². The van der Waals surface area contributed by atoms with Gasteiger partial charge < -0.3 is 19.2 Å². The number of aliphatic hydroxyl groups is 1. The highest BCUT2D eigenvalue weighted by atomic mass is 35.5. The molecule has 1 aromatic heterocycles. The fourth-order valence-corrected chi connectivity index (χ4v) is 3.80. The van der Waals surface area contributed by atoms with Gasteiger partial charge in [-0.25, -0.2) is 4.98 Å². The summed E-state index contributed by atoms with van der Waals surface area (Å²) in [5.41, 5.74) is 2.83. The van der Waals surface area contributed by atoms with Crippen LogP contribution in [-0.4, -0.2) is 47.3 Å². The van der Waals surface area contributed by atoms with Crippen molar-refractivity contribution in [1.29, 1.82) is 0 Å². The van der Waals surface area contributed by atoms with E-state index >= 15 is 0 Å². The zero-order chi connectivity index (χ0) is 19.3. The Morgan fingerprint density at radius 3 is 2.64 bits per heavy atom. The Morgan fingerprint density at radius 1 is 1.14 bits per heavy atom. The number of halogens is 1. The van der Waals surface area contributed by atoms with Crippen LogP contribution < -0.4 is 0 Å². The van der Waals surface area contributed by atoms with Crippen molar-refractivity contribution in [3.63, 3.8) is 0 Å². The maximum Gasteiger partial charge on any atom is 0.198 e. The molecule has 0 spiro atoms. The number of oxazole rings is 1. The number of likely N-dealkylation sites (tertiary alicyclic amines) is 1. The van der Waals surface area contributed by atoms with E-state index in [1.54, 1.807) is 0 Å². The molecule has 0 bridgehead atoms. The average molecular weight is 401 g/mol. The van der Waals surface area contributed by atoms with Gasteiger partial charge in [-0.1, -0.05) is 35.9 Å². The van der Waals surface area contributed by atoms with Gasteiger partial charge in [0.1, 0.15) is 5.52 Å². The van der Waals surface area contributed by atoms with Crippen LogP contribution in [0.1, 0.15) is 30.2 Å². The summed E-state index contributed by atoms with van der Waals surface area (Å²) in [7, 11) is 0. The van der Waals surface area contributed by atoms with Gasteiger partial charge in [0.05, 0.1) is 19.3 Å². The normalized spacial score (nSPS) is 17.2. The first-order valence-corrected chi connectivity index (χ1v) is 10.1.